The Kier molecular flexibility index (Phi) is 5.39. The zero-order valence-electron chi connectivity index (χ0n) is 12.2. The van der Waals surface area contributed by atoms with Crippen molar-refractivity contribution in [2.75, 3.05) is 10.6 Å². The Hall–Kier alpha value is -1.81. The van der Waals surface area contributed by atoms with Crippen molar-refractivity contribution in [1.82, 2.24) is 0 Å². The van der Waals surface area contributed by atoms with Gasteiger partial charge >= 0.3 is 0 Å². The number of rotatable bonds is 5. The number of hydrogen-bond donors (Lipinski definition) is 2. The second-order valence-electron chi connectivity index (χ2n) is 4.92. The number of carbonyl (C=O) groups excluding carboxylic acids is 1. The molecule has 0 fully saturated rings. The summed E-state index contributed by atoms with van der Waals surface area (Å²) >= 11 is 3.51. The van der Waals surface area contributed by atoms with E-state index in [4.69, 9.17) is 0 Å². The summed E-state index contributed by atoms with van der Waals surface area (Å²) in [6.07, 6.45) is 0.973. The fourth-order valence-corrected chi connectivity index (χ4v) is 2.65. The van der Waals surface area contributed by atoms with Gasteiger partial charge in [0.15, 0.2) is 0 Å². The molecule has 4 heteroatoms. The Labute approximate surface area is 133 Å². The zero-order chi connectivity index (χ0) is 15.2. The van der Waals surface area contributed by atoms with Gasteiger partial charge in [-0.3, -0.25) is 4.79 Å². The molecule has 0 aliphatic carbocycles. The summed E-state index contributed by atoms with van der Waals surface area (Å²) in [4.78, 5) is 11.1. The highest BCUT2D eigenvalue weighted by atomic mass is 79.9. The van der Waals surface area contributed by atoms with Crippen LogP contribution in [0.1, 0.15) is 31.9 Å². The predicted molar refractivity (Wildman–Crippen MR) is 91.5 cm³/mol. The van der Waals surface area contributed by atoms with E-state index in [1.165, 1.54) is 12.5 Å². The van der Waals surface area contributed by atoms with Crippen LogP contribution in [0, 0.1) is 0 Å². The molecule has 0 aliphatic rings. The van der Waals surface area contributed by atoms with E-state index in [1.807, 2.05) is 36.4 Å². The normalized spacial score (nSPS) is 11.8. The molecule has 0 radical (unpaired) electrons. The first-order valence-electron chi connectivity index (χ1n) is 6.98. The van der Waals surface area contributed by atoms with Crippen LogP contribution >= 0.6 is 15.9 Å². The summed E-state index contributed by atoms with van der Waals surface area (Å²) in [7, 11) is 0. The number of halogens is 1. The van der Waals surface area contributed by atoms with Crippen molar-refractivity contribution in [3.63, 3.8) is 0 Å². The molecule has 21 heavy (non-hydrogen) atoms. The average Bonchev–Trinajstić information content (AvgIpc) is 2.44. The van der Waals surface area contributed by atoms with Gasteiger partial charge in [-0.2, -0.15) is 0 Å². The first-order valence-corrected chi connectivity index (χ1v) is 7.77. The summed E-state index contributed by atoms with van der Waals surface area (Å²) in [6, 6.07) is 16.3. The van der Waals surface area contributed by atoms with Crippen molar-refractivity contribution in [3.05, 3.63) is 58.6 Å². The van der Waals surface area contributed by atoms with Gasteiger partial charge in [-0.05, 0) is 42.3 Å². The minimum atomic E-state index is -0.0637. The van der Waals surface area contributed by atoms with Crippen molar-refractivity contribution in [2.45, 2.75) is 26.3 Å². The van der Waals surface area contributed by atoms with Crippen LogP contribution in [0.3, 0.4) is 0 Å². The third-order valence-corrected chi connectivity index (χ3v) is 3.68. The first kappa shape index (κ1) is 15.6. The Morgan fingerprint density at radius 1 is 1.14 bits per heavy atom. The van der Waals surface area contributed by atoms with E-state index in [-0.39, 0.29) is 11.9 Å². The quantitative estimate of drug-likeness (QED) is 0.802. The molecule has 0 bridgehead atoms. The minimum absolute atomic E-state index is 0.0637. The van der Waals surface area contributed by atoms with Gasteiger partial charge < -0.3 is 10.6 Å². The summed E-state index contributed by atoms with van der Waals surface area (Å²) < 4.78 is 1.08. The van der Waals surface area contributed by atoms with Crippen molar-refractivity contribution in [2.24, 2.45) is 0 Å². The second kappa shape index (κ2) is 7.27. The molecule has 2 aromatic rings. The van der Waals surface area contributed by atoms with Crippen molar-refractivity contribution in [3.8, 4) is 0 Å². The van der Waals surface area contributed by atoms with E-state index in [0.717, 1.165) is 22.3 Å². The molecule has 1 atom stereocenters. The molecular weight excluding hydrogens is 328 g/mol. The molecule has 1 amide bonds. The number of nitrogens with one attached hydrogen (secondary N) is 2. The molecule has 2 aromatic carbocycles. The Balaban J connectivity index is 2.17. The number of amides is 1. The molecular formula is C17H19BrN2O. The largest absolute Gasteiger partial charge is 0.378 e. The smallest absolute Gasteiger partial charge is 0.221 e. The lowest BCUT2D eigenvalue weighted by molar-refractivity contribution is -0.114. The number of carbonyl (C=O) groups is 1. The molecule has 0 aromatic heterocycles. The third kappa shape index (κ3) is 4.60. The van der Waals surface area contributed by atoms with E-state index in [9.17, 15) is 4.79 Å². The van der Waals surface area contributed by atoms with Gasteiger partial charge in [-0.1, -0.05) is 41.1 Å². The lowest BCUT2D eigenvalue weighted by atomic mass is 10.0. The molecule has 0 saturated heterocycles. The van der Waals surface area contributed by atoms with Gasteiger partial charge in [-0.25, -0.2) is 0 Å². The Morgan fingerprint density at radius 2 is 1.86 bits per heavy atom. The molecule has 0 saturated carbocycles. The van der Waals surface area contributed by atoms with Crippen LogP contribution in [-0.2, 0) is 4.79 Å². The van der Waals surface area contributed by atoms with Crippen LogP contribution < -0.4 is 10.6 Å². The van der Waals surface area contributed by atoms with E-state index in [0.29, 0.717) is 0 Å². The maximum absolute atomic E-state index is 11.1. The maximum atomic E-state index is 11.1. The lowest BCUT2D eigenvalue weighted by Crippen LogP contribution is -2.10. The highest BCUT2D eigenvalue weighted by Gasteiger charge is 2.09. The zero-order valence-corrected chi connectivity index (χ0v) is 13.8. The molecule has 0 aliphatic heterocycles. The van der Waals surface area contributed by atoms with Crippen LogP contribution in [0.15, 0.2) is 53.0 Å². The monoisotopic (exact) mass is 346 g/mol. The standard InChI is InChI=1S/C17H19BrN2O/c1-3-17(13-6-4-7-14(18)10-13)20-16-9-5-8-15(11-16)19-12(2)21/h4-11,17,20H,3H2,1-2H3,(H,19,21). The maximum Gasteiger partial charge on any atom is 0.221 e. The molecule has 2 rings (SSSR count). The summed E-state index contributed by atoms with van der Waals surface area (Å²) in [5.41, 5.74) is 3.03. The molecule has 0 heterocycles. The van der Waals surface area contributed by atoms with Crippen LogP contribution in [-0.4, -0.2) is 5.91 Å². The van der Waals surface area contributed by atoms with Gasteiger partial charge in [-0.15, -0.1) is 0 Å². The fraction of sp³-hybridized carbons (Fsp3) is 0.235. The summed E-state index contributed by atoms with van der Waals surface area (Å²) in [5.74, 6) is -0.0637. The summed E-state index contributed by atoms with van der Waals surface area (Å²) in [5, 5.41) is 6.31. The molecule has 3 nitrogen and oxygen atoms in total. The number of anilines is 2. The van der Waals surface area contributed by atoms with Crippen LogP contribution in [0.4, 0.5) is 11.4 Å². The highest BCUT2D eigenvalue weighted by Crippen LogP contribution is 2.26. The van der Waals surface area contributed by atoms with Crippen molar-refractivity contribution in [1.29, 1.82) is 0 Å². The van der Waals surface area contributed by atoms with E-state index in [2.05, 4.69) is 45.6 Å². The Bertz CT molecular complexity index is 628. The SMILES string of the molecule is CCC(Nc1cccc(NC(C)=O)c1)c1cccc(Br)c1. The van der Waals surface area contributed by atoms with Crippen molar-refractivity contribution >= 4 is 33.2 Å². The second-order valence-corrected chi connectivity index (χ2v) is 5.84. The molecule has 0 spiro atoms. The van der Waals surface area contributed by atoms with Crippen LogP contribution in [0.25, 0.3) is 0 Å². The van der Waals surface area contributed by atoms with Crippen LogP contribution in [0.5, 0.6) is 0 Å². The van der Waals surface area contributed by atoms with Gasteiger partial charge in [0.05, 0.1) is 6.04 Å². The highest BCUT2D eigenvalue weighted by molar-refractivity contribution is 9.10. The van der Waals surface area contributed by atoms with E-state index < -0.39 is 0 Å². The van der Waals surface area contributed by atoms with Crippen LogP contribution in [0.2, 0.25) is 0 Å². The van der Waals surface area contributed by atoms with Gasteiger partial charge in [0.2, 0.25) is 5.91 Å². The first-order chi connectivity index (χ1) is 10.1. The Morgan fingerprint density at radius 3 is 2.52 bits per heavy atom. The lowest BCUT2D eigenvalue weighted by Gasteiger charge is -2.19. The predicted octanol–water partition coefficient (Wildman–Crippen LogP) is 4.97. The number of benzene rings is 2. The summed E-state index contributed by atoms with van der Waals surface area (Å²) in [6.45, 7) is 3.66. The topological polar surface area (TPSA) is 41.1 Å². The van der Waals surface area contributed by atoms with Crippen molar-refractivity contribution < 1.29 is 4.79 Å². The van der Waals surface area contributed by atoms with Gasteiger partial charge in [0, 0.05) is 22.8 Å². The average molecular weight is 347 g/mol. The molecule has 110 valence electrons. The minimum Gasteiger partial charge on any atom is -0.378 e. The third-order valence-electron chi connectivity index (χ3n) is 3.18. The fourth-order valence-electron chi connectivity index (χ4n) is 2.24. The van der Waals surface area contributed by atoms with Gasteiger partial charge in [0.1, 0.15) is 0 Å². The van der Waals surface area contributed by atoms with E-state index in [1.54, 1.807) is 0 Å². The molecule has 1 unspecified atom stereocenters. The van der Waals surface area contributed by atoms with Gasteiger partial charge in [0.25, 0.3) is 0 Å². The van der Waals surface area contributed by atoms with E-state index >= 15 is 0 Å². The number of hydrogen-bond acceptors (Lipinski definition) is 2. The molecule has 2 N–H and O–H groups in total.